The van der Waals surface area contributed by atoms with E-state index in [0.29, 0.717) is 0 Å². The maximum Gasteiger partial charge on any atom is 0.340 e. The molecule has 2 rings (SSSR count). The van der Waals surface area contributed by atoms with Gasteiger partial charge in [-0.15, -0.1) is 0 Å². The fraction of sp³-hybridized carbons (Fsp3) is 0.600. The van der Waals surface area contributed by atoms with Crippen molar-refractivity contribution in [2.24, 2.45) is 0 Å². The lowest BCUT2D eigenvalue weighted by atomic mass is 10.2. The predicted octanol–water partition coefficient (Wildman–Crippen LogP) is -1.12. The van der Waals surface area contributed by atoms with Crippen LogP contribution < -0.4 is 0 Å². The SMILES string of the molecule is CC1CN(S(=O)(=O)c2[nH]ncc2C(=O)O)CC(CO)O1. The van der Waals surface area contributed by atoms with Gasteiger partial charge in [-0.2, -0.15) is 9.40 Å². The summed E-state index contributed by atoms with van der Waals surface area (Å²) >= 11 is 0. The molecule has 0 aromatic carbocycles. The number of carboxylic acid groups (broad SMARTS) is 1. The minimum absolute atomic E-state index is 0.0404. The van der Waals surface area contributed by atoms with Crippen molar-refractivity contribution in [3.05, 3.63) is 11.8 Å². The van der Waals surface area contributed by atoms with E-state index >= 15 is 0 Å². The van der Waals surface area contributed by atoms with Gasteiger partial charge in [-0.05, 0) is 6.92 Å². The summed E-state index contributed by atoms with van der Waals surface area (Å²) in [5, 5.41) is 23.3. The van der Waals surface area contributed by atoms with Crippen LogP contribution in [0.15, 0.2) is 11.2 Å². The number of hydrogen-bond acceptors (Lipinski definition) is 6. The minimum Gasteiger partial charge on any atom is -0.478 e. The van der Waals surface area contributed by atoms with Crippen molar-refractivity contribution in [3.63, 3.8) is 0 Å². The van der Waals surface area contributed by atoms with Crippen LogP contribution in [0.4, 0.5) is 0 Å². The van der Waals surface area contributed by atoms with Crippen LogP contribution in [-0.4, -0.2) is 71.0 Å². The number of nitrogens with one attached hydrogen (secondary N) is 1. The molecule has 20 heavy (non-hydrogen) atoms. The number of rotatable bonds is 4. The van der Waals surface area contributed by atoms with Crippen molar-refractivity contribution >= 4 is 16.0 Å². The molecule has 1 aliphatic rings. The molecule has 0 bridgehead atoms. The number of H-pyrrole nitrogens is 1. The zero-order valence-corrected chi connectivity index (χ0v) is 11.5. The van der Waals surface area contributed by atoms with Gasteiger partial charge in [-0.3, -0.25) is 5.10 Å². The number of aromatic carboxylic acids is 1. The number of hydrogen-bond donors (Lipinski definition) is 3. The molecule has 2 heterocycles. The number of aliphatic hydroxyl groups excluding tert-OH is 1. The summed E-state index contributed by atoms with van der Waals surface area (Å²) in [5.74, 6) is -1.38. The van der Waals surface area contributed by atoms with Crippen LogP contribution in [-0.2, 0) is 14.8 Å². The van der Waals surface area contributed by atoms with Crippen molar-refractivity contribution in [1.82, 2.24) is 14.5 Å². The summed E-state index contributed by atoms with van der Waals surface area (Å²) in [4.78, 5) is 11.0. The highest BCUT2D eigenvalue weighted by molar-refractivity contribution is 7.89. The van der Waals surface area contributed by atoms with Crippen molar-refractivity contribution in [2.45, 2.75) is 24.2 Å². The quantitative estimate of drug-likeness (QED) is 0.641. The second kappa shape index (κ2) is 5.48. The molecule has 2 atom stereocenters. The predicted molar refractivity (Wildman–Crippen MR) is 65.7 cm³/mol. The highest BCUT2D eigenvalue weighted by atomic mass is 32.2. The Morgan fingerprint density at radius 3 is 2.90 bits per heavy atom. The lowest BCUT2D eigenvalue weighted by Gasteiger charge is -2.34. The molecular formula is C10H15N3O6S. The number of carboxylic acids is 1. The molecule has 112 valence electrons. The number of nitrogens with zero attached hydrogens (tertiary/aromatic N) is 2. The van der Waals surface area contributed by atoms with Crippen molar-refractivity contribution < 1.29 is 28.2 Å². The number of aliphatic hydroxyl groups is 1. The summed E-state index contributed by atoms with van der Waals surface area (Å²) in [6, 6.07) is 0. The van der Waals surface area contributed by atoms with E-state index in [1.54, 1.807) is 6.92 Å². The van der Waals surface area contributed by atoms with Crippen LogP contribution >= 0.6 is 0 Å². The lowest BCUT2D eigenvalue weighted by molar-refractivity contribution is -0.0751. The molecule has 1 aromatic rings. The second-order valence-corrected chi connectivity index (χ2v) is 6.37. The summed E-state index contributed by atoms with van der Waals surface area (Å²) in [6.07, 6.45) is -0.0839. The van der Waals surface area contributed by atoms with Gasteiger partial charge in [0.15, 0.2) is 5.03 Å². The molecule has 10 heteroatoms. The third-order valence-corrected chi connectivity index (χ3v) is 4.73. The Kier molecular flexibility index (Phi) is 4.09. The zero-order chi connectivity index (χ0) is 14.9. The van der Waals surface area contributed by atoms with E-state index in [-0.39, 0.29) is 19.7 Å². The number of morpholine rings is 1. The van der Waals surface area contributed by atoms with Gasteiger partial charge in [0.25, 0.3) is 10.0 Å². The summed E-state index contributed by atoms with van der Waals surface area (Å²) < 4.78 is 31.3. The Bertz CT molecular complexity index is 598. The summed E-state index contributed by atoms with van der Waals surface area (Å²) in [7, 11) is -4.03. The van der Waals surface area contributed by atoms with E-state index in [0.717, 1.165) is 10.5 Å². The lowest BCUT2D eigenvalue weighted by Crippen LogP contribution is -2.50. The third kappa shape index (κ3) is 2.68. The molecule has 1 aliphatic heterocycles. The standard InChI is InChI=1S/C10H15N3O6S/c1-6-3-13(4-7(5-14)19-6)20(17,18)9-8(10(15)16)2-11-12-9/h2,6-7,14H,3-5H2,1H3,(H,11,12)(H,15,16). The van der Waals surface area contributed by atoms with Gasteiger partial charge in [0.05, 0.1) is 25.0 Å². The minimum atomic E-state index is -4.03. The Morgan fingerprint density at radius 2 is 2.30 bits per heavy atom. The number of aromatic nitrogens is 2. The van der Waals surface area contributed by atoms with E-state index in [9.17, 15) is 13.2 Å². The zero-order valence-electron chi connectivity index (χ0n) is 10.7. The van der Waals surface area contributed by atoms with E-state index in [1.807, 2.05) is 0 Å². The van der Waals surface area contributed by atoms with Gasteiger partial charge in [0.1, 0.15) is 5.56 Å². The molecule has 0 amide bonds. The van der Waals surface area contributed by atoms with Crippen LogP contribution in [0, 0.1) is 0 Å². The normalized spacial score (nSPS) is 24.7. The number of aromatic amines is 1. The molecule has 1 fully saturated rings. The molecule has 2 unspecified atom stereocenters. The van der Waals surface area contributed by atoms with Crippen molar-refractivity contribution in [2.75, 3.05) is 19.7 Å². The van der Waals surface area contributed by atoms with E-state index in [4.69, 9.17) is 14.9 Å². The maximum absolute atomic E-state index is 12.4. The van der Waals surface area contributed by atoms with E-state index < -0.39 is 38.8 Å². The average Bonchev–Trinajstić information content (AvgIpc) is 2.88. The summed E-state index contributed by atoms with van der Waals surface area (Å²) in [5.41, 5.74) is -0.412. The molecule has 0 spiro atoms. The first-order valence-corrected chi connectivity index (χ1v) is 7.33. The highest BCUT2D eigenvalue weighted by Gasteiger charge is 2.36. The topological polar surface area (TPSA) is 133 Å². The van der Waals surface area contributed by atoms with Gasteiger partial charge >= 0.3 is 5.97 Å². The number of ether oxygens (including phenoxy) is 1. The maximum atomic E-state index is 12.4. The van der Waals surface area contributed by atoms with E-state index in [1.165, 1.54) is 0 Å². The molecule has 1 saturated heterocycles. The van der Waals surface area contributed by atoms with Gasteiger partial charge in [-0.25, -0.2) is 13.2 Å². The molecule has 3 N–H and O–H groups in total. The Labute approximate surface area is 115 Å². The highest BCUT2D eigenvalue weighted by Crippen LogP contribution is 2.22. The first-order chi connectivity index (χ1) is 9.36. The smallest absolute Gasteiger partial charge is 0.340 e. The van der Waals surface area contributed by atoms with Gasteiger partial charge in [0, 0.05) is 13.1 Å². The first kappa shape index (κ1) is 14.9. The van der Waals surface area contributed by atoms with Gasteiger partial charge < -0.3 is 14.9 Å². The Morgan fingerprint density at radius 1 is 1.60 bits per heavy atom. The van der Waals surface area contributed by atoms with Crippen molar-refractivity contribution in [1.29, 1.82) is 0 Å². The molecule has 0 aliphatic carbocycles. The largest absolute Gasteiger partial charge is 0.478 e. The Hall–Kier alpha value is -1.49. The van der Waals surface area contributed by atoms with Crippen LogP contribution in [0.1, 0.15) is 17.3 Å². The molecule has 0 radical (unpaired) electrons. The number of sulfonamides is 1. The van der Waals surface area contributed by atoms with Gasteiger partial charge in [-0.1, -0.05) is 0 Å². The molecule has 9 nitrogen and oxygen atoms in total. The average molecular weight is 305 g/mol. The van der Waals surface area contributed by atoms with Gasteiger partial charge in [0.2, 0.25) is 0 Å². The number of carbonyl (C=O) groups is 1. The first-order valence-electron chi connectivity index (χ1n) is 5.89. The van der Waals surface area contributed by atoms with E-state index in [2.05, 4.69) is 10.2 Å². The molecule has 0 saturated carbocycles. The third-order valence-electron chi connectivity index (χ3n) is 2.93. The fourth-order valence-electron chi connectivity index (χ4n) is 2.05. The van der Waals surface area contributed by atoms with Crippen LogP contribution in [0.5, 0.6) is 0 Å². The van der Waals surface area contributed by atoms with Crippen LogP contribution in [0.2, 0.25) is 0 Å². The van der Waals surface area contributed by atoms with Crippen LogP contribution in [0.3, 0.4) is 0 Å². The molecular weight excluding hydrogens is 290 g/mol. The van der Waals surface area contributed by atoms with Crippen molar-refractivity contribution in [3.8, 4) is 0 Å². The van der Waals surface area contributed by atoms with Crippen LogP contribution in [0.25, 0.3) is 0 Å². The Balaban J connectivity index is 2.34. The molecule has 1 aromatic heterocycles. The second-order valence-electron chi connectivity index (χ2n) is 4.49. The summed E-state index contributed by atoms with van der Waals surface area (Å²) in [6.45, 7) is 1.40. The monoisotopic (exact) mass is 305 g/mol. The fourth-order valence-corrected chi connectivity index (χ4v) is 3.67.